The van der Waals surface area contributed by atoms with Gasteiger partial charge in [-0.05, 0) is 42.7 Å². The third-order valence-corrected chi connectivity index (χ3v) is 6.04. The maximum absolute atomic E-state index is 14.4. The van der Waals surface area contributed by atoms with Crippen LogP contribution in [0.5, 0.6) is 0 Å². The highest BCUT2D eigenvalue weighted by Crippen LogP contribution is 2.32. The number of amides is 1. The number of esters is 1. The van der Waals surface area contributed by atoms with Crippen molar-refractivity contribution in [2.24, 2.45) is 5.73 Å². The van der Waals surface area contributed by atoms with E-state index in [9.17, 15) is 14.0 Å². The van der Waals surface area contributed by atoms with Gasteiger partial charge in [-0.15, -0.1) is 0 Å². The second-order valence-electron chi connectivity index (χ2n) is 8.49. The number of benzene rings is 1. The second-order valence-corrected chi connectivity index (χ2v) is 8.93. The lowest BCUT2D eigenvalue weighted by Gasteiger charge is -2.16. The number of allylic oxidation sites excluding steroid dienone is 1. The van der Waals surface area contributed by atoms with Crippen LogP contribution in [0.2, 0.25) is 5.02 Å². The summed E-state index contributed by atoms with van der Waals surface area (Å²) in [4.78, 5) is 29.8. The fraction of sp³-hybridized carbons (Fsp3) is 0.250. The number of nitrogens with one attached hydrogen (secondary N) is 2. The molecule has 0 unspecified atom stereocenters. The van der Waals surface area contributed by atoms with Crippen molar-refractivity contribution < 1.29 is 18.7 Å². The Hall–Kier alpha value is -3.96. The summed E-state index contributed by atoms with van der Waals surface area (Å²) in [7, 11) is 0. The molecule has 3 aromatic rings. The predicted octanol–water partition coefficient (Wildman–Crippen LogP) is 3.43. The summed E-state index contributed by atoms with van der Waals surface area (Å²) in [5.41, 5.74) is 7.62. The van der Waals surface area contributed by atoms with Crippen molar-refractivity contribution in [3.05, 3.63) is 64.7 Å². The average molecular weight is 512 g/mol. The minimum absolute atomic E-state index is 0.0786. The zero-order chi connectivity index (χ0) is 25.4. The Morgan fingerprint density at radius 2 is 2.17 bits per heavy atom. The van der Waals surface area contributed by atoms with Gasteiger partial charge in [0.05, 0.1) is 24.8 Å². The van der Waals surface area contributed by atoms with Crippen LogP contribution in [0.15, 0.2) is 48.3 Å². The molecule has 1 saturated heterocycles. The smallest absolute Gasteiger partial charge is 0.321 e. The summed E-state index contributed by atoms with van der Waals surface area (Å²) in [5, 5.41) is 11.3. The number of rotatable bonds is 8. The van der Waals surface area contributed by atoms with E-state index in [-0.39, 0.29) is 31.3 Å². The molecule has 1 aromatic carbocycles. The van der Waals surface area contributed by atoms with Crippen LogP contribution in [0.25, 0.3) is 11.7 Å². The SMILES string of the molecule is C=C1/C(=C/c2cnn3c(NC4CC4)cc(Nc4cc(Cl)ccc4F)nc23)CC(=O)N1COC(=O)CN. The Morgan fingerprint density at radius 1 is 1.36 bits per heavy atom. The molecule has 12 heteroatoms. The second kappa shape index (κ2) is 9.59. The fourth-order valence-corrected chi connectivity index (χ4v) is 3.94. The number of nitrogens with two attached hydrogens (primary N) is 1. The molecule has 2 aliphatic rings. The van der Waals surface area contributed by atoms with Crippen LogP contribution in [-0.2, 0) is 14.3 Å². The van der Waals surface area contributed by atoms with Crippen LogP contribution in [-0.4, -0.2) is 50.7 Å². The Labute approximate surface area is 210 Å². The number of halogens is 2. The number of nitrogens with zero attached hydrogens (tertiary/aromatic N) is 4. The van der Waals surface area contributed by atoms with Gasteiger partial charge in [-0.3, -0.25) is 14.5 Å². The Kier molecular flexibility index (Phi) is 6.33. The van der Waals surface area contributed by atoms with Gasteiger partial charge in [-0.25, -0.2) is 9.37 Å². The van der Waals surface area contributed by atoms with Gasteiger partial charge >= 0.3 is 5.97 Å². The number of aromatic nitrogens is 3. The summed E-state index contributed by atoms with van der Waals surface area (Å²) in [6.45, 7) is 3.44. The van der Waals surface area contributed by atoms with Crippen LogP contribution >= 0.6 is 11.6 Å². The monoisotopic (exact) mass is 511 g/mol. The minimum Gasteiger partial charge on any atom is -0.443 e. The zero-order valence-electron chi connectivity index (χ0n) is 19.1. The average Bonchev–Trinajstić information content (AvgIpc) is 3.52. The fourth-order valence-electron chi connectivity index (χ4n) is 3.77. The van der Waals surface area contributed by atoms with Crippen molar-refractivity contribution in [2.45, 2.75) is 25.3 Å². The number of ether oxygens (including phenoxy) is 1. The molecular weight excluding hydrogens is 489 g/mol. The van der Waals surface area contributed by atoms with Crippen molar-refractivity contribution in [2.75, 3.05) is 23.9 Å². The van der Waals surface area contributed by atoms with E-state index in [0.717, 1.165) is 12.8 Å². The largest absolute Gasteiger partial charge is 0.443 e. The van der Waals surface area contributed by atoms with E-state index >= 15 is 0 Å². The van der Waals surface area contributed by atoms with Gasteiger partial charge in [0.15, 0.2) is 12.4 Å². The van der Waals surface area contributed by atoms with Gasteiger partial charge in [-0.1, -0.05) is 18.2 Å². The molecule has 36 heavy (non-hydrogen) atoms. The lowest BCUT2D eigenvalue weighted by Crippen LogP contribution is -2.29. The molecule has 186 valence electrons. The molecule has 3 heterocycles. The van der Waals surface area contributed by atoms with Gasteiger partial charge in [0.1, 0.15) is 17.5 Å². The minimum atomic E-state index is -0.619. The first-order valence-electron chi connectivity index (χ1n) is 11.3. The number of hydrogen-bond acceptors (Lipinski definition) is 8. The Morgan fingerprint density at radius 3 is 2.92 bits per heavy atom. The van der Waals surface area contributed by atoms with E-state index in [1.165, 1.54) is 23.1 Å². The van der Waals surface area contributed by atoms with Crippen molar-refractivity contribution >= 4 is 52.5 Å². The maximum Gasteiger partial charge on any atom is 0.321 e. The van der Waals surface area contributed by atoms with Crippen molar-refractivity contribution in [1.29, 1.82) is 0 Å². The normalized spacial score (nSPS) is 16.8. The van der Waals surface area contributed by atoms with E-state index in [0.29, 0.717) is 45.2 Å². The highest BCUT2D eigenvalue weighted by molar-refractivity contribution is 6.30. The summed E-state index contributed by atoms with van der Waals surface area (Å²) in [6.07, 6.45) is 5.56. The number of anilines is 3. The number of carbonyl (C=O) groups excluding carboxylic acids is 2. The van der Waals surface area contributed by atoms with Gasteiger partial charge in [0, 0.05) is 28.4 Å². The van der Waals surface area contributed by atoms with Crippen LogP contribution in [0.3, 0.4) is 0 Å². The van der Waals surface area contributed by atoms with E-state index in [1.807, 2.05) is 0 Å². The van der Waals surface area contributed by atoms with Gasteiger partial charge < -0.3 is 21.1 Å². The molecule has 10 nitrogen and oxygen atoms in total. The lowest BCUT2D eigenvalue weighted by atomic mass is 10.1. The van der Waals surface area contributed by atoms with Crippen molar-refractivity contribution in [1.82, 2.24) is 19.5 Å². The summed E-state index contributed by atoms with van der Waals surface area (Å²) in [6, 6.07) is 6.31. The van der Waals surface area contributed by atoms with Crippen LogP contribution < -0.4 is 16.4 Å². The first kappa shape index (κ1) is 23.8. The topological polar surface area (TPSA) is 127 Å². The molecule has 5 rings (SSSR count). The summed E-state index contributed by atoms with van der Waals surface area (Å²) in [5.74, 6) is -0.260. The first-order chi connectivity index (χ1) is 17.3. The standard InChI is InChI=1S/C24H23ClFN7O3/c1-13-14(7-22(34)32(13)12-36-23(35)10-27)6-15-11-28-33-21(29-17-3-4-17)9-20(31-24(15)33)30-19-8-16(25)2-5-18(19)26/h2,5-6,8-9,11,17,29H,1,3-4,7,10,12,27H2,(H,30,31)/b14-6+. The summed E-state index contributed by atoms with van der Waals surface area (Å²) < 4.78 is 21.0. The molecule has 1 aliphatic carbocycles. The van der Waals surface area contributed by atoms with Crippen molar-refractivity contribution in [3.63, 3.8) is 0 Å². The Balaban J connectivity index is 1.49. The third-order valence-electron chi connectivity index (χ3n) is 5.81. The Bertz CT molecular complexity index is 1420. The number of fused-ring (bicyclic) bond motifs is 1. The molecule has 1 saturated carbocycles. The molecule has 0 radical (unpaired) electrons. The number of likely N-dealkylation sites (tertiary alicyclic amines) is 1. The number of hydrogen-bond donors (Lipinski definition) is 3. The maximum atomic E-state index is 14.4. The lowest BCUT2D eigenvalue weighted by molar-refractivity contribution is -0.148. The number of carbonyl (C=O) groups is 2. The third kappa shape index (κ3) is 4.88. The molecule has 0 bridgehead atoms. The first-order valence-corrected chi connectivity index (χ1v) is 11.6. The van der Waals surface area contributed by atoms with Gasteiger partial charge in [0.2, 0.25) is 5.91 Å². The van der Waals surface area contributed by atoms with Crippen LogP contribution in [0, 0.1) is 5.82 Å². The molecule has 2 aromatic heterocycles. The predicted molar refractivity (Wildman–Crippen MR) is 133 cm³/mol. The quantitative estimate of drug-likeness (QED) is 0.393. The van der Waals surface area contributed by atoms with Gasteiger partial charge in [-0.2, -0.15) is 9.61 Å². The molecule has 1 aliphatic heterocycles. The van der Waals surface area contributed by atoms with E-state index < -0.39 is 11.8 Å². The van der Waals surface area contributed by atoms with E-state index in [4.69, 9.17) is 22.1 Å². The van der Waals surface area contributed by atoms with Crippen LogP contribution in [0.4, 0.5) is 21.7 Å². The molecule has 0 spiro atoms. The molecule has 4 N–H and O–H groups in total. The van der Waals surface area contributed by atoms with Crippen molar-refractivity contribution in [3.8, 4) is 0 Å². The molecular formula is C24H23ClFN7O3. The molecule has 1 amide bonds. The highest BCUT2D eigenvalue weighted by atomic mass is 35.5. The van der Waals surface area contributed by atoms with E-state index in [2.05, 4.69) is 27.3 Å². The van der Waals surface area contributed by atoms with Gasteiger partial charge in [0.25, 0.3) is 0 Å². The van der Waals surface area contributed by atoms with E-state index in [1.54, 1.807) is 22.9 Å². The highest BCUT2D eigenvalue weighted by Gasteiger charge is 2.30. The van der Waals surface area contributed by atoms with Crippen LogP contribution in [0.1, 0.15) is 24.8 Å². The molecule has 0 atom stereocenters. The molecule has 2 fully saturated rings. The zero-order valence-corrected chi connectivity index (χ0v) is 19.9. The summed E-state index contributed by atoms with van der Waals surface area (Å²) >= 11 is 6.04.